The van der Waals surface area contributed by atoms with Crippen LogP contribution in [0, 0.1) is 0 Å². The zero-order valence-corrected chi connectivity index (χ0v) is 12.9. The summed E-state index contributed by atoms with van der Waals surface area (Å²) in [4.78, 5) is 39.0. The van der Waals surface area contributed by atoms with Gasteiger partial charge in [-0.05, 0) is 25.8 Å². The molecule has 1 aliphatic heterocycles. The first-order chi connectivity index (χ1) is 10.9. The normalized spacial score (nSPS) is 17.9. The fourth-order valence-corrected chi connectivity index (χ4v) is 2.93. The number of carbonyl (C=O) groups is 3. The first-order valence-corrected chi connectivity index (χ1v) is 7.56. The van der Waals surface area contributed by atoms with Gasteiger partial charge < -0.3 is 10.0 Å². The Bertz CT molecular complexity index is 673. The second kappa shape index (κ2) is 5.53. The number of carboxylic acids is 1. The molecule has 2 amide bonds. The van der Waals surface area contributed by atoms with Crippen LogP contribution >= 0.6 is 0 Å². The van der Waals surface area contributed by atoms with Crippen LogP contribution in [0.4, 0.5) is 0 Å². The minimum absolute atomic E-state index is 0.0399. The lowest BCUT2D eigenvalue weighted by Gasteiger charge is -2.28. The van der Waals surface area contributed by atoms with Crippen molar-refractivity contribution in [3.05, 3.63) is 42.0 Å². The molecule has 1 fully saturated rings. The topological polar surface area (TPSA) is 77.9 Å². The molecule has 23 heavy (non-hydrogen) atoms. The van der Waals surface area contributed by atoms with Gasteiger partial charge in [0.15, 0.2) is 0 Å². The van der Waals surface area contributed by atoms with Gasteiger partial charge in [0.25, 0.3) is 5.91 Å². The maximum absolute atomic E-state index is 12.6. The van der Waals surface area contributed by atoms with Crippen molar-refractivity contribution in [3.8, 4) is 0 Å². The van der Waals surface area contributed by atoms with Crippen LogP contribution < -0.4 is 0 Å². The molecule has 1 atom stereocenters. The number of aliphatic carboxylic acids is 1. The van der Waals surface area contributed by atoms with E-state index in [4.69, 9.17) is 0 Å². The van der Waals surface area contributed by atoms with E-state index in [1.165, 1.54) is 16.7 Å². The smallest absolute Gasteiger partial charge is 0.326 e. The molecule has 1 unspecified atom stereocenters. The predicted molar refractivity (Wildman–Crippen MR) is 83.5 cm³/mol. The predicted octanol–water partition coefficient (Wildman–Crippen LogP) is 1.58. The number of benzene rings is 1. The molecule has 6 nitrogen and oxygen atoms in total. The number of hydrogen-bond acceptors (Lipinski definition) is 3. The molecular formula is C17H18N2O4. The van der Waals surface area contributed by atoms with Crippen molar-refractivity contribution in [2.24, 2.45) is 0 Å². The van der Waals surface area contributed by atoms with Crippen LogP contribution in [0.5, 0.6) is 0 Å². The third-order valence-electron chi connectivity index (χ3n) is 4.34. The van der Waals surface area contributed by atoms with Crippen molar-refractivity contribution in [3.63, 3.8) is 0 Å². The standard InChI is InChI=1S/C17H18N2O4/c1-10-13-5-3-4-6-14(13)16(21)18(10)9-15(20)19(12-7-8-12)11(2)17(22)23/h3-6,11-12H,1,7-9H2,2H3,(H,22,23). The van der Waals surface area contributed by atoms with Crippen molar-refractivity contribution in [1.29, 1.82) is 0 Å². The summed E-state index contributed by atoms with van der Waals surface area (Å²) in [6.07, 6.45) is 1.61. The molecule has 3 rings (SSSR count). The Hall–Kier alpha value is -2.63. The van der Waals surface area contributed by atoms with Gasteiger partial charge in [0.1, 0.15) is 12.6 Å². The van der Waals surface area contributed by atoms with E-state index < -0.39 is 12.0 Å². The third kappa shape index (κ3) is 2.60. The quantitative estimate of drug-likeness (QED) is 0.895. The van der Waals surface area contributed by atoms with Crippen molar-refractivity contribution >= 4 is 23.5 Å². The molecular weight excluding hydrogens is 296 g/mol. The Kier molecular flexibility index (Phi) is 3.67. The fourth-order valence-electron chi connectivity index (χ4n) is 2.93. The van der Waals surface area contributed by atoms with Crippen LogP contribution in [0.15, 0.2) is 30.8 Å². The Morgan fingerprint density at radius 2 is 1.96 bits per heavy atom. The van der Waals surface area contributed by atoms with Crippen LogP contribution in [-0.2, 0) is 9.59 Å². The molecule has 0 aromatic heterocycles. The lowest BCUT2D eigenvalue weighted by atomic mass is 10.1. The highest BCUT2D eigenvalue weighted by Crippen LogP contribution is 2.33. The maximum Gasteiger partial charge on any atom is 0.326 e. The molecule has 0 spiro atoms. The average molecular weight is 314 g/mol. The number of rotatable bonds is 5. The van der Waals surface area contributed by atoms with E-state index >= 15 is 0 Å². The van der Waals surface area contributed by atoms with Crippen molar-refractivity contribution in [2.45, 2.75) is 31.8 Å². The second-order valence-corrected chi connectivity index (χ2v) is 5.93. The SMILES string of the molecule is C=C1c2ccccc2C(=O)N1CC(=O)N(C1CC1)C(C)C(=O)O. The van der Waals surface area contributed by atoms with Crippen LogP contribution in [0.1, 0.15) is 35.7 Å². The zero-order chi connectivity index (χ0) is 16.7. The number of carbonyl (C=O) groups excluding carboxylic acids is 2. The van der Waals surface area contributed by atoms with E-state index in [-0.39, 0.29) is 24.4 Å². The highest BCUT2D eigenvalue weighted by atomic mass is 16.4. The van der Waals surface area contributed by atoms with Gasteiger partial charge in [0.2, 0.25) is 5.91 Å². The highest BCUT2D eigenvalue weighted by Gasteiger charge is 2.40. The van der Waals surface area contributed by atoms with Crippen molar-refractivity contribution in [2.75, 3.05) is 6.54 Å². The Morgan fingerprint density at radius 1 is 1.35 bits per heavy atom. The van der Waals surface area contributed by atoms with Crippen molar-refractivity contribution in [1.82, 2.24) is 9.80 Å². The highest BCUT2D eigenvalue weighted by molar-refractivity contribution is 6.10. The van der Waals surface area contributed by atoms with E-state index in [9.17, 15) is 19.5 Å². The summed E-state index contributed by atoms with van der Waals surface area (Å²) in [5, 5.41) is 9.19. The van der Waals surface area contributed by atoms with Crippen LogP contribution in [0.2, 0.25) is 0 Å². The summed E-state index contributed by atoms with van der Waals surface area (Å²) in [6.45, 7) is 5.21. The van der Waals surface area contributed by atoms with E-state index in [1.807, 2.05) is 6.07 Å². The number of fused-ring (bicyclic) bond motifs is 1. The Morgan fingerprint density at radius 3 is 2.48 bits per heavy atom. The number of amides is 2. The van der Waals surface area contributed by atoms with Crippen LogP contribution in [-0.4, -0.2) is 51.3 Å². The summed E-state index contributed by atoms with van der Waals surface area (Å²) < 4.78 is 0. The summed E-state index contributed by atoms with van der Waals surface area (Å²) >= 11 is 0. The van der Waals surface area contributed by atoms with Gasteiger partial charge in [-0.1, -0.05) is 24.8 Å². The Balaban J connectivity index is 1.79. The Labute approximate surface area is 134 Å². The second-order valence-electron chi connectivity index (χ2n) is 5.93. The molecule has 1 aliphatic carbocycles. The molecule has 120 valence electrons. The first-order valence-electron chi connectivity index (χ1n) is 7.56. The third-order valence-corrected chi connectivity index (χ3v) is 4.34. The summed E-state index contributed by atoms with van der Waals surface area (Å²) in [5.41, 5.74) is 1.72. The molecule has 1 saturated carbocycles. The number of nitrogens with zero attached hydrogens (tertiary/aromatic N) is 2. The van der Waals surface area contributed by atoms with Crippen LogP contribution in [0.3, 0.4) is 0 Å². The molecule has 2 aliphatic rings. The van der Waals surface area contributed by atoms with Gasteiger partial charge in [-0.15, -0.1) is 0 Å². The minimum atomic E-state index is -1.04. The van der Waals surface area contributed by atoms with E-state index in [1.54, 1.807) is 18.2 Å². The zero-order valence-electron chi connectivity index (χ0n) is 12.9. The summed E-state index contributed by atoms with van der Waals surface area (Å²) in [5.74, 6) is -1.66. The lowest BCUT2D eigenvalue weighted by molar-refractivity contribution is -0.150. The number of carboxylic acid groups (broad SMARTS) is 1. The monoisotopic (exact) mass is 314 g/mol. The maximum atomic E-state index is 12.6. The van der Waals surface area contributed by atoms with Crippen LogP contribution in [0.25, 0.3) is 5.70 Å². The van der Waals surface area contributed by atoms with E-state index in [0.717, 1.165) is 18.4 Å². The lowest BCUT2D eigenvalue weighted by Crippen LogP contribution is -2.48. The largest absolute Gasteiger partial charge is 0.480 e. The van der Waals surface area contributed by atoms with E-state index in [0.29, 0.717) is 11.3 Å². The van der Waals surface area contributed by atoms with Gasteiger partial charge in [-0.2, -0.15) is 0 Å². The van der Waals surface area contributed by atoms with E-state index in [2.05, 4.69) is 6.58 Å². The van der Waals surface area contributed by atoms with Gasteiger partial charge >= 0.3 is 5.97 Å². The van der Waals surface area contributed by atoms with Gasteiger partial charge in [-0.3, -0.25) is 14.5 Å². The molecule has 6 heteroatoms. The molecule has 1 heterocycles. The van der Waals surface area contributed by atoms with Gasteiger partial charge in [0, 0.05) is 22.9 Å². The number of hydrogen-bond donors (Lipinski definition) is 1. The fraction of sp³-hybridized carbons (Fsp3) is 0.353. The summed E-state index contributed by atoms with van der Waals surface area (Å²) in [6, 6.07) is 6.12. The molecule has 0 radical (unpaired) electrons. The molecule has 1 aromatic rings. The molecule has 0 saturated heterocycles. The van der Waals surface area contributed by atoms with Gasteiger partial charge in [0.05, 0.1) is 0 Å². The average Bonchev–Trinajstić information content (AvgIpc) is 3.32. The van der Waals surface area contributed by atoms with Crippen molar-refractivity contribution < 1.29 is 19.5 Å². The molecule has 1 N–H and O–H groups in total. The summed E-state index contributed by atoms with van der Waals surface area (Å²) in [7, 11) is 0. The molecule has 1 aromatic carbocycles. The molecule has 0 bridgehead atoms. The minimum Gasteiger partial charge on any atom is -0.480 e. The van der Waals surface area contributed by atoms with Gasteiger partial charge in [-0.25, -0.2) is 4.79 Å². The first kappa shape index (κ1) is 15.3.